The second kappa shape index (κ2) is 6.00. The lowest BCUT2D eigenvalue weighted by Gasteiger charge is -2.15. The third-order valence-corrected chi connectivity index (χ3v) is 2.25. The van der Waals surface area contributed by atoms with Gasteiger partial charge in [-0.3, -0.25) is 4.79 Å². The Morgan fingerprint density at radius 2 is 1.92 bits per heavy atom. The molecule has 0 rings (SSSR count). The summed E-state index contributed by atoms with van der Waals surface area (Å²) in [4.78, 5) is 10.9. The molecule has 3 nitrogen and oxygen atoms in total. The number of ether oxygens (including phenoxy) is 1. The fourth-order valence-corrected chi connectivity index (χ4v) is 1.23. The zero-order valence-corrected chi connectivity index (χ0v) is 8.17. The van der Waals surface area contributed by atoms with E-state index in [2.05, 4.69) is 18.6 Å². The highest BCUT2D eigenvalue weighted by Gasteiger charge is 2.17. The summed E-state index contributed by atoms with van der Waals surface area (Å²) < 4.78 is 4.54. The first-order valence-electron chi connectivity index (χ1n) is 4.49. The summed E-state index contributed by atoms with van der Waals surface area (Å²) in [5.74, 6) is 0.237. The molecule has 0 heterocycles. The summed E-state index contributed by atoms with van der Waals surface area (Å²) in [7, 11) is 1.37. The molecule has 1 atom stereocenters. The smallest absolute Gasteiger partial charge is 0.322 e. The quantitative estimate of drug-likeness (QED) is 0.638. The first-order chi connectivity index (χ1) is 5.65. The van der Waals surface area contributed by atoms with Gasteiger partial charge < -0.3 is 10.5 Å². The predicted molar refractivity (Wildman–Crippen MR) is 48.7 cm³/mol. The van der Waals surface area contributed by atoms with E-state index < -0.39 is 6.04 Å². The molecular weight excluding hydrogens is 154 g/mol. The molecule has 0 aromatic heterocycles. The Morgan fingerprint density at radius 3 is 2.25 bits per heavy atom. The molecule has 0 aliphatic rings. The van der Waals surface area contributed by atoms with E-state index in [1.165, 1.54) is 7.11 Å². The van der Waals surface area contributed by atoms with Gasteiger partial charge in [-0.05, 0) is 12.3 Å². The molecule has 0 fully saturated rings. The van der Waals surface area contributed by atoms with E-state index in [4.69, 9.17) is 5.73 Å². The molecule has 0 amide bonds. The molecule has 3 heteroatoms. The predicted octanol–water partition coefficient (Wildman–Crippen LogP) is 1.31. The minimum atomic E-state index is -0.445. The van der Waals surface area contributed by atoms with E-state index >= 15 is 0 Å². The molecule has 2 N–H and O–H groups in total. The maximum Gasteiger partial charge on any atom is 0.322 e. The van der Waals surface area contributed by atoms with Gasteiger partial charge in [0.05, 0.1) is 7.11 Å². The molecule has 0 bridgehead atoms. The molecule has 0 aliphatic carbocycles. The van der Waals surface area contributed by atoms with Crippen LogP contribution < -0.4 is 5.73 Å². The van der Waals surface area contributed by atoms with Crippen molar-refractivity contribution in [1.82, 2.24) is 0 Å². The Morgan fingerprint density at radius 1 is 1.42 bits per heavy atom. The van der Waals surface area contributed by atoms with Gasteiger partial charge in [0.15, 0.2) is 0 Å². The summed E-state index contributed by atoms with van der Waals surface area (Å²) in [5.41, 5.74) is 5.61. The summed E-state index contributed by atoms with van der Waals surface area (Å²) in [6.45, 7) is 4.22. The molecule has 0 aromatic rings. The van der Waals surface area contributed by atoms with Crippen LogP contribution in [-0.4, -0.2) is 19.1 Å². The fourth-order valence-electron chi connectivity index (χ4n) is 1.23. The molecule has 0 unspecified atom stereocenters. The average molecular weight is 173 g/mol. The number of carbonyl (C=O) groups is 1. The SMILES string of the molecule is CCC(CC)C[C@H](N)C(=O)OC. The number of carbonyl (C=O) groups excluding carboxylic acids is 1. The molecule has 0 radical (unpaired) electrons. The average Bonchev–Trinajstić information content (AvgIpc) is 2.12. The van der Waals surface area contributed by atoms with Crippen molar-refractivity contribution in [3.63, 3.8) is 0 Å². The molecule has 0 saturated heterocycles. The molecular formula is C9H19NO2. The Kier molecular flexibility index (Phi) is 5.72. The van der Waals surface area contributed by atoms with Gasteiger partial charge in [-0.15, -0.1) is 0 Å². The summed E-state index contributed by atoms with van der Waals surface area (Å²) in [6.07, 6.45) is 2.88. The van der Waals surface area contributed by atoms with Gasteiger partial charge in [-0.1, -0.05) is 26.7 Å². The lowest BCUT2D eigenvalue weighted by molar-refractivity contribution is -0.142. The van der Waals surface area contributed by atoms with E-state index in [1.54, 1.807) is 0 Å². The number of esters is 1. The van der Waals surface area contributed by atoms with Crippen molar-refractivity contribution in [2.45, 2.75) is 39.2 Å². The Labute approximate surface area is 74.3 Å². The van der Waals surface area contributed by atoms with Crippen molar-refractivity contribution in [1.29, 1.82) is 0 Å². The molecule has 0 aliphatic heterocycles. The molecule has 0 spiro atoms. The number of hydrogen-bond donors (Lipinski definition) is 1. The standard InChI is InChI=1S/C9H19NO2/c1-4-7(5-2)6-8(10)9(11)12-3/h7-8H,4-6,10H2,1-3H3/t8-/m0/s1. The van der Waals surface area contributed by atoms with Crippen molar-refractivity contribution >= 4 is 5.97 Å². The van der Waals surface area contributed by atoms with Crippen LogP contribution in [0.15, 0.2) is 0 Å². The molecule has 12 heavy (non-hydrogen) atoms. The highest BCUT2D eigenvalue weighted by Crippen LogP contribution is 2.14. The van der Waals surface area contributed by atoms with Crippen molar-refractivity contribution in [3.05, 3.63) is 0 Å². The van der Waals surface area contributed by atoms with Crippen molar-refractivity contribution < 1.29 is 9.53 Å². The van der Waals surface area contributed by atoms with E-state index in [-0.39, 0.29) is 5.97 Å². The Hall–Kier alpha value is -0.570. The van der Waals surface area contributed by atoms with Gasteiger partial charge in [0.2, 0.25) is 0 Å². The van der Waals surface area contributed by atoms with Gasteiger partial charge in [0, 0.05) is 0 Å². The largest absolute Gasteiger partial charge is 0.468 e. The zero-order valence-electron chi connectivity index (χ0n) is 8.17. The van der Waals surface area contributed by atoms with Crippen LogP contribution in [0.25, 0.3) is 0 Å². The third kappa shape index (κ3) is 3.72. The number of methoxy groups -OCH3 is 1. The third-order valence-electron chi connectivity index (χ3n) is 2.25. The van der Waals surface area contributed by atoms with Gasteiger partial charge in [0.1, 0.15) is 6.04 Å². The summed E-state index contributed by atoms with van der Waals surface area (Å²) >= 11 is 0. The minimum Gasteiger partial charge on any atom is -0.468 e. The lowest BCUT2D eigenvalue weighted by atomic mass is 9.95. The first-order valence-corrected chi connectivity index (χ1v) is 4.49. The fraction of sp³-hybridized carbons (Fsp3) is 0.889. The summed E-state index contributed by atoms with van der Waals surface area (Å²) in [6, 6.07) is -0.445. The maximum atomic E-state index is 10.9. The monoisotopic (exact) mass is 173 g/mol. The van der Waals surface area contributed by atoms with Crippen LogP contribution in [0.2, 0.25) is 0 Å². The van der Waals surface area contributed by atoms with Crippen LogP contribution >= 0.6 is 0 Å². The lowest BCUT2D eigenvalue weighted by Crippen LogP contribution is -2.33. The van der Waals surface area contributed by atoms with E-state index in [9.17, 15) is 4.79 Å². The highest BCUT2D eigenvalue weighted by molar-refractivity contribution is 5.75. The van der Waals surface area contributed by atoms with Crippen LogP contribution in [0.4, 0.5) is 0 Å². The van der Waals surface area contributed by atoms with Crippen LogP contribution in [0.1, 0.15) is 33.1 Å². The van der Waals surface area contributed by atoms with Crippen molar-refractivity contribution in [3.8, 4) is 0 Å². The topological polar surface area (TPSA) is 52.3 Å². The van der Waals surface area contributed by atoms with Gasteiger partial charge >= 0.3 is 5.97 Å². The van der Waals surface area contributed by atoms with Crippen LogP contribution in [0, 0.1) is 5.92 Å². The minimum absolute atomic E-state index is 0.304. The van der Waals surface area contributed by atoms with Crippen molar-refractivity contribution in [2.75, 3.05) is 7.11 Å². The second-order valence-corrected chi connectivity index (χ2v) is 3.05. The van der Waals surface area contributed by atoms with Crippen molar-refractivity contribution in [2.24, 2.45) is 11.7 Å². The first kappa shape index (κ1) is 11.4. The number of nitrogens with two attached hydrogens (primary N) is 1. The summed E-state index contributed by atoms with van der Waals surface area (Å²) in [5, 5.41) is 0. The van der Waals surface area contributed by atoms with Gasteiger partial charge in [-0.25, -0.2) is 0 Å². The number of hydrogen-bond acceptors (Lipinski definition) is 3. The maximum absolute atomic E-state index is 10.9. The Balaban J connectivity index is 3.80. The second-order valence-electron chi connectivity index (χ2n) is 3.05. The van der Waals surface area contributed by atoms with E-state index in [0.29, 0.717) is 5.92 Å². The number of rotatable bonds is 5. The van der Waals surface area contributed by atoms with Crippen LogP contribution in [-0.2, 0) is 9.53 Å². The Bertz CT molecular complexity index is 132. The van der Waals surface area contributed by atoms with Gasteiger partial charge in [-0.2, -0.15) is 0 Å². The molecule has 0 aromatic carbocycles. The highest BCUT2D eigenvalue weighted by atomic mass is 16.5. The molecule has 0 saturated carbocycles. The van der Waals surface area contributed by atoms with Crippen LogP contribution in [0.5, 0.6) is 0 Å². The van der Waals surface area contributed by atoms with E-state index in [1.807, 2.05) is 0 Å². The normalized spacial score (nSPS) is 13.1. The van der Waals surface area contributed by atoms with Crippen LogP contribution in [0.3, 0.4) is 0 Å². The van der Waals surface area contributed by atoms with Gasteiger partial charge in [0.25, 0.3) is 0 Å². The molecule has 72 valence electrons. The zero-order chi connectivity index (χ0) is 9.56. The van der Waals surface area contributed by atoms with E-state index in [0.717, 1.165) is 19.3 Å².